The zero-order chi connectivity index (χ0) is 19.1. The van der Waals surface area contributed by atoms with Crippen LogP contribution in [0.2, 0.25) is 0 Å². The van der Waals surface area contributed by atoms with E-state index < -0.39 is 0 Å². The van der Waals surface area contributed by atoms with E-state index in [9.17, 15) is 4.79 Å². The third-order valence-electron chi connectivity index (χ3n) is 4.88. The first kappa shape index (κ1) is 19.0. The highest BCUT2D eigenvalue weighted by molar-refractivity contribution is 5.79. The van der Waals surface area contributed by atoms with Crippen molar-refractivity contribution in [2.75, 3.05) is 14.2 Å². The van der Waals surface area contributed by atoms with E-state index in [0.717, 1.165) is 30.4 Å². The first-order chi connectivity index (χ1) is 13.2. The summed E-state index contributed by atoms with van der Waals surface area (Å²) in [5.74, 6) is 1.71. The second-order valence-corrected chi connectivity index (χ2v) is 6.94. The minimum atomic E-state index is 0.107. The lowest BCUT2D eigenvalue weighted by atomic mass is 9.93. The maximum atomic E-state index is 12.6. The molecule has 0 saturated carbocycles. The van der Waals surface area contributed by atoms with Gasteiger partial charge in [0.2, 0.25) is 5.91 Å². The minimum Gasteiger partial charge on any atom is -0.493 e. The number of hydrogen-bond donors (Lipinski definition) is 0. The van der Waals surface area contributed by atoms with Gasteiger partial charge in [-0.25, -0.2) is 0 Å². The summed E-state index contributed by atoms with van der Waals surface area (Å²) in [7, 11) is 3.50. The molecule has 0 aliphatic heterocycles. The summed E-state index contributed by atoms with van der Waals surface area (Å²) >= 11 is 0. The highest BCUT2D eigenvalue weighted by Gasteiger charge is 2.22. The van der Waals surface area contributed by atoms with Crippen LogP contribution in [0.4, 0.5) is 0 Å². The van der Waals surface area contributed by atoms with Crippen molar-refractivity contribution in [2.45, 2.75) is 32.4 Å². The van der Waals surface area contributed by atoms with Gasteiger partial charge in [0, 0.05) is 19.5 Å². The van der Waals surface area contributed by atoms with Gasteiger partial charge in [-0.1, -0.05) is 48.6 Å². The Balaban J connectivity index is 1.62. The number of methoxy groups -OCH3 is 1. The van der Waals surface area contributed by atoms with Gasteiger partial charge in [-0.2, -0.15) is 0 Å². The number of benzene rings is 2. The normalized spacial score (nSPS) is 16.0. The van der Waals surface area contributed by atoms with E-state index in [1.165, 1.54) is 0 Å². The SMILES string of the molecule is COc1cc(CN(C)C(=O)[C@@H]2CC=CCC2)ccc1OCc1ccccc1. The standard InChI is InChI=1S/C23H27NO3/c1-24(23(25)20-11-7-4-8-12-20)16-19-13-14-21(22(15-19)26-2)27-17-18-9-5-3-6-10-18/h3-7,9-10,13-15,20H,8,11-12,16-17H2,1-2H3/t20-/m1/s1. The summed E-state index contributed by atoms with van der Waals surface area (Å²) < 4.78 is 11.4. The smallest absolute Gasteiger partial charge is 0.226 e. The maximum absolute atomic E-state index is 12.6. The Morgan fingerprint density at radius 1 is 1.07 bits per heavy atom. The Morgan fingerprint density at radius 3 is 2.59 bits per heavy atom. The lowest BCUT2D eigenvalue weighted by Crippen LogP contribution is -2.32. The number of carbonyl (C=O) groups is 1. The molecule has 1 amide bonds. The van der Waals surface area contributed by atoms with Gasteiger partial charge >= 0.3 is 0 Å². The Morgan fingerprint density at radius 2 is 1.89 bits per heavy atom. The van der Waals surface area contributed by atoms with E-state index in [4.69, 9.17) is 9.47 Å². The van der Waals surface area contributed by atoms with E-state index in [-0.39, 0.29) is 11.8 Å². The van der Waals surface area contributed by atoms with Crippen molar-refractivity contribution in [1.29, 1.82) is 0 Å². The number of amides is 1. The van der Waals surface area contributed by atoms with Gasteiger partial charge in [0.25, 0.3) is 0 Å². The molecule has 0 heterocycles. The molecule has 142 valence electrons. The quantitative estimate of drug-likeness (QED) is 0.674. The van der Waals surface area contributed by atoms with Gasteiger partial charge in [0.1, 0.15) is 6.61 Å². The van der Waals surface area contributed by atoms with Crippen molar-refractivity contribution in [3.8, 4) is 11.5 Å². The molecule has 2 aromatic carbocycles. The fourth-order valence-electron chi connectivity index (χ4n) is 3.35. The summed E-state index contributed by atoms with van der Waals surface area (Å²) in [5, 5.41) is 0. The molecule has 0 aromatic heterocycles. The van der Waals surface area contributed by atoms with Crippen LogP contribution in [0.15, 0.2) is 60.7 Å². The molecule has 27 heavy (non-hydrogen) atoms. The van der Waals surface area contributed by atoms with Gasteiger partial charge in [-0.15, -0.1) is 0 Å². The second kappa shape index (κ2) is 9.26. The number of rotatable bonds is 7. The van der Waals surface area contributed by atoms with E-state index >= 15 is 0 Å². The predicted octanol–water partition coefficient (Wildman–Crippen LogP) is 4.59. The summed E-state index contributed by atoms with van der Waals surface area (Å²) in [5.41, 5.74) is 2.14. The second-order valence-electron chi connectivity index (χ2n) is 6.94. The zero-order valence-electron chi connectivity index (χ0n) is 16.1. The highest BCUT2D eigenvalue weighted by atomic mass is 16.5. The third kappa shape index (κ3) is 5.13. The first-order valence-electron chi connectivity index (χ1n) is 9.41. The Bertz CT molecular complexity index is 785. The summed E-state index contributed by atoms with van der Waals surface area (Å²) in [6, 6.07) is 15.9. The van der Waals surface area contributed by atoms with Crippen LogP contribution in [0, 0.1) is 5.92 Å². The van der Waals surface area contributed by atoms with Crippen LogP contribution in [0.5, 0.6) is 11.5 Å². The molecule has 0 radical (unpaired) electrons. The van der Waals surface area contributed by atoms with Gasteiger partial charge in [-0.05, 0) is 42.5 Å². The molecule has 1 aliphatic rings. The lowest BCUT2D eigenvalue weighted by molar-refractivity contribution is -0.135. The molecule has 2 aromatic rings. The van der Waals surface area contributed by atoms with E-state index in [2.05, 4.69) is 12.2 Å². The Hall–Kier alpha value is -2.75. The van der Waals surface area contributed by atoms with Crippen molar-refractivity contribution >= 4 is 5.91 Å². The summed E-state index contributed by atoms with van der Waals surface area (Å²) in [6.07, 6.45) is 7.05. The molecule has 4 nitrogen and oxygen atoms in total. The molecule has 3 rings (SSSR count). The molecule has 0 fully saturated rings. The number of hydrogen-bond acceptors (Lipinski definition) is 3. The fraction of sp³-hybridized carbons (Fsp3) is 0.348. The van der Waals surface area contributed by atoms with Gasteiger partial charge < -0.3 is 14.4 Å². The molecule has 0 bridgehead atoms. The van der Waals surface area contributed by atoms with E-state index in [1.54, 1.807) is 7.11 Å². The van der Waals surface area contributed by atoms with Crippen LogP contribution < -0.4 is 9.47 Å². The molecule has 1 atom stereocenters. The molecule has 0 spiro atoms. The topological polar surface area (TPSA) is 38.8 Å². The van der Waals surface area contributed by atoms with Crippen LogP contribution in [-0.4, -0.2) is 25.0 Å². The molecule has 4 heteroatoms. The van der Waals surface area contributed by atoms with E-state index in [1.807, 2.05) is 60.5 Å². The molecular formula is C23H27NO3. The van der Waals surface area contributed by atoms with E-state index in [0.29, 0.717) is 24.7 Å². The number of allylic oxidation sites excluding steroid dienone is 2. The molecule has 1 aliphatic carbocycles. The average molecular weight is 365 g/mol. The van der Waals surface area contributed by atoms with Gasteiger partial charge in [0.05, 0.1) is 7.11 Å². The van der Waals surface area contributed by atoms with Crippen LogP contribution in [0.3, 0.4) is 0 Å². The van der Waals surface area contributed by atoms with Crippen molar-refractivity contribution in [1.82, 2.24) is 4.90 Å². The predicted molar refractivity (Wildman–Crippen MR) is 107 cm³/mol. The number of ether oxygens (including phenoxy) is 2. The maximum Gasteiger partial charge on any atom is 0.226 e. The Labute approximate surface area is 161 Å². The molecule has 0 saturated heterocycles. The highest BCUT2D eigenvalue weighted by Crippen LogP contribution is 2.29. The van der Waals surface area contributed by atoms with Gasteiger partial charge in [-0.3, -0.25) is 4.79 Å². The van der Waals surface area contributed by atoms with Crippen LogP contribution in [0.25, 0.3) is 0 Å². The first-order valence-corrected chi connectivity index (χ1v) is 9.41. The zero-order valence-corrected chi connectivity index (χ0v) is 16.1. The van der Waals surface area contributed by atoms with Crippen molar-refractivity contribution in [2.24, 2.45) is 5.92 Å². The van der Waals surface area contributed by atoms with Crippen LogP contribution >= 0.6 is 0 Å². The fourth-order valence-corrected chi connectivity index (χ4v) is 3.35. The van der Waals surface area contributed by atoms with Crippen LogP contribution in [-0.2, 0) is 17.9 Å². The minimum absolute atomic E-state index is 0.107. The Kier molecular flexibility index (Phi) is 6.53. The monoisotopic (exact) mass is 365 g/mol. The van der Waals surface area contributed by atoms with Crippen LogP contribution in [0.1, 0.15) is 30.4 Å². The largest absolute Gasteiger partial charge is 0.493 e. The van der Waals surface area contributed by atoms with Crippen molar-refractivity contribution in [3.63, 3.8) is 0 Å². The van der Waals surface area contributed by atoms with Crippen molar-refractivity contribution < 1.29 is 14.3 Å². The molecule has 0 N–H and O–H groups in total. The number of carbonyl (C=O) groups excluding carboxylic acids is 1. The molecule has 0 unspecified atom stereocenters. The number of nitrogens with zero attached hydrogens (tertiary/aromatic N) is 1. The average Bonchev–Trinajstić information content (AvgIpc) is 2.73. The molecular weight excluding hydrogens is 338 g/mol. The summed E-state index contributed by atoms with van der Waals surface area (Å²) in [4.78, 5) is 14.4. The summed E-state index contributed by atoms with van der Waals surface area (Å²) in [6.45, 7) is 1.05. The van der Waals surface area contributed by atoms with Gasteiger partial charge in [0.15, 0.2) is 11.5 Å². The lowest BCUT2D eigenvalue weighted by Gasteiger charge is -2.24. The van der Waals surface area contributed by atoms with Crippen molar-refractivity contribution in [3.05, 3.63) is 71.8 Å². The third-order valence-corrected chi connectivity index (χ3v) is 4.88.